The van der Waals surface area contributed by atoms with Gasteiger partial charge in [-0.15, -0.1) is 0 Å². The number of halogens is 1. The van der Waals surface area contributed by atoms with Gasteiger partial charge >= 0.3 is 0 Å². The summed E-state index contributed by atoms with van der Waals surface area (Å²) in [5.41, 5.74) is 8.67. The fraction of sp³-hybridized carbons (Fsp3) is 0.200. The van der Waals surface area contributed by atoms with E-state index in [1.807, 2.05) is 26.0 Å². The normalized spacial score (nSPS) is 11.6. The van der Waals surface area contributed by atoms with Crippen LogP contribution in [0.2, 0.25) is 0 Å². The average molecular weight is 354 g/mol. The van der Waals surface area contributed by atoms with E-state index in [1.54, 1.807) is 24.3 Å². The summed E-state index contributed by atoms with van der Waals surface area (Å²) >= 11 is 3.33. The van der Waals surface area contributed by atoms with Crippen LogP contribution in [0, 0.1) is 13.8 Å². The van der Waals surface area contributed by atoms with Gasteiger partial charge < -0.3 is 5.73 Å². The van der Waals surface area contributed by atoms with Gasteiger partial charge in [-0.3, -0.25) is 0 Å². The van der Waals surface area contributed by atoms with E-state index >= 15 is 0 Å². The van der Waals surface area contributed by atoms with E-state index in [2.05, 4.69) is 15.9 Å². The molecule has 0 unspecified atom stereocenters. The Morgan fingerprint density at radius 3 is 2.45 bits per heavy atom. The van der Waals surface area contributed by atoms with Crippen molar-refractivity contribution in [2.45, 2.75) is 24.5 Å². The summed E-state index contributed by atoms with van der Waals surface area (Å²) < 4.78 is 25.9. The minimum absolute atomic E-state index is 0.0546. The number of sulfone groups is 1. The van der Waals surface area contributed by atoms with Crippen LogP contribution in [-0.2, 0) is 15.6 Å². The third-order valence-corrected chi connectivity index (χ3v) is 5.30. The van der Waals surface area contributed by atoms with Crippen LogP contribution in [0.5, 0.6) is 0 Å². The lowest BCUT2D eigenvalue weighted by atomic mass is 10.2. The monoisotopic (exact) mass is 353 g/mol. The molecule has 0 bridgehead atoms. The minimum atomic E-state index is -3.38. The molecule has 0 aromatic heterocycles. The molecular weight excluding hydrogens is 338 g/mol. The molecule has 0 aliphatic heterocycles. The largest absolute Gasteiger partial charge is 0.399 e. The van der Waals surface area contributed by atoms with Crippen molar-refractivity contribution >= 4 is 31.5 Å². The second kappa shape index (κ2) is 5.58. The van der Waals surface area contributed by atoms with Crippen LogP contribution in [0.4, 0.5) is 5.69 Å². The number of rotatable bonds is 3. The van der Waals surface area contributed by atoms with Gasteiger partial charge in [0.15, 0.2) is 9.84 Å². The molecule has 20 heavy (non-hydrogen) atoms. The molecule has 5 heteroatoms. The number of hydrogen-bond acceptors (Lipinski definition) is 3. The molecule has 0 saturated heterocycles. The Labute approximate surface area is 127 Å². The maximum Gasteiger partial charge on any atom is 0.182 e. The van der Waals surface area contributed by atoms with E-state index in [4.69, 9.17) is 5.73 Å². The lowest BCUT2D eigenvalue weighted by Crippen LogP contribution is -2.07. The maximum absolute atomic E-state index is 12.5. The smallest absolute Gasteiger partial charge is 0.182 e. The van der Waals surface area contributed by atoms with Gasteiger partial charge in [0.2, 0.25) is 0 Å². The molecule has 0 aliphatic rings. The van der Waals surface area contributed by atoms with Crippen LogP contribution >= 0.6 is 15.9 Å². The summed E-state index contributed by atoms with van der Waals surface area (Å²) in [4.78, 5) is 0.385. The number of nitrogens with two attached hydrogens (primary N) is 1. The van der Waals surface area contributed by atoms with E-state index in [9.17, 15) is 8.42 Å². The second-order valence-electron chi connectivity index (χ2n) is 4.92. The maximum atomic E-state index is 12.5. The van der Waals surface area contributed by atoms with E-state index in [0.29, 0.717) is 16.1 Å². The number of anilines is 1. The molecule has 0 fully saturated rings. The Morgan fingerprint density at radius 1 is 1.10 bits per heavy atom. The average Bonchev–Trinajstić information content (AvgIpc) is 2.30. The zero-order valence-electron chi connectivity index (χ0n) is 11.4. The molecule has 0 saturated carbocycles. The van der Waals surface area contributed by atoms with Crippen molar-refractivity contribution in [2.75, 3.05) is 5.73 Å². The van der Waals surface area contributed by atoms with Crippen molar-refractivity contribution in [3.63, 3.8) is 0 Å². The highest BCUT2D eigenvalue weighted by atomic mass is 79.9. The number of nitrogen functional groups attached to an aromatic ring is 1. The fourth-order valence-electron chi connectivity index (χ4n) is 2.10. The van der Waals surface area contributed by atoms with Crippen LogP contribution in [0.15, 0.2) is 45.8 Å². The van der Waals surface area contributed by atoms with Crippen molar-refractivity contribution in [1.82, 2.24) is 0 Å². The Kier molecular flexibility index (Phi) is 4.20. The molecule has 0 amide bonds. The van der Waals surface area contributed by atoms with Gasteiger partial charge in [-0.1, -0.05) is 28.1 Å². The van der Waals surface area contributed by atoms with Gasteiger partial charge in [0, 0.05) is 10.2 Å². The van der Waals surface area contributed by atoms with E-state index < -0.39 is 9.84 Å². The van der Waals surface area contributed by atoms with Crippen LogP contribution in [-0.4, -0.2) is 8.42 Å². The van der Waals surface area contributed by atoms with Gasteiger partial charge in [-0.2, -0.15) is 0 Å². The third-order valence-electron chi connectivity index (χ3n) is 3.02. The fourth-order valence-corrected chi connectivity index (χ4v) is 4.34. The molecule has 3 nitrogen and oxygen atoms in total. The summed E-state index contributed by atoms with van der Waals surface area (Å²) in [5, 5.41) is 0. The standard InChI is InChI=1S/C15H16BrNO2S/c1-10-3-4-11(2)15(5-10)20(18,19)9-12-6-13(16)8-14(17)7-12/h3-8H,9,17H2,1-2H3. The SMILES string of the molecule is Cc1ccc(C)c(S(=O)(=O)Cc2cc(N)cc(Br)c2)c1. The molecule has 2 aromatic rings. The zero-order valence-corrected chi connectivity index (χ0v) is 13.8. The first-order valence-electron chi connectivity index (χ1n) is 6.13. The highest BCUT2D eigenvalue weighted by molar-refractivity contribution is 9.10. The van der Waals surface area contributed by atoms with Crippen molar-refractivity contribution in [2.24, 2.45) is 0 Å². The van der Waals surface area contributed by atoms with E-state index in [1.165, 1.54) is 0 Å². The van der Waals surface area contributed by atoms with Crippen LogP contribution in [0.1, 0.15) is 16.7 Å². The van der Waals surface area contributed by atoms with Crippen molar-refractivity contribution < 1.29 is 8.42 Å². The lowest BCUT2D eigenvalue weighted by molar-refractivity contribution is 0.594. The van der Waals surface area contributed by atoms with Gasteiger partial charge in [0.25, 0.3) is 0 Å². The Bertz CT molecular complexity index is 734. The topological polar surface area (TPSA) is 60.2 Å². The molecule has 0 atom stereocenters. The Morgan fingerprint density at radius 2 is 1.80 bits per heavy atom. The predicted molar refractivity (Wildman–Crippen MR) is 85.4 cm³/mol. The van der Waals surface area contributed by atoms with E-state index in [-0.39, 0.29) is 5.75 Å². The first-order valence-corrected chi connectivity index (χ1v) is 8.57. The highest BCUT2D eigenvalue weighted by Gasteiger charge is 2.18. The van der Waals surface area contributed by atoms with Gasteiger partial charge in [-0.25, -0.2) is 8.42 Å². The predicted octanol–water partition coefficient (Wildman–Crippen LogP) is 3.62. The second-order valence-corrected chi connectivity index (χ2v) is 7.79. The minimum Gasteiger partial charge on any atom is -0.399 e. The molecule has 2 aromatic carbocycles. The summed E-state index contributed by atoms with van der Waals surface area (Å²) in [5.74, 6) is -0.0546. The Balaban J connectivity index is 2.43. The summed E-state index contributed by atoms with van der Waals surface area (Å²) in [7, 11) is -3.38. The third kappa shape index (κ3) is 3.41. The van der Waals surface area contributed by atoms with Crippen molar-refractivity contribution in [3.05, 3.63) is 57.6 Å². The first-order chi connectivity index (χ1) is 9.28. The molecule has 0 spiro atoms. The first kappa shape index (κ1) is 15.1. The quantitative estimate of drug-likeness (QED) is 0.857. The van der Waals surface area contributed by atoms with Gasteiger partial charge in [0.05, 0.1) is 10.6 Å². The molecule has 2 N–H and O–H groups in total. The summed E-state index contributed by atoms with van der Waals surface area (Å²) in [6.07, 6.45) is 0. The summed E-state index contributed by atoms with van der Waals surface area (Å²) in [6, 6.07) is 10.7. The van der Waals surface area contributed by atoms with Crippen LogP contribution in [0.25, 0.3) is 0 Å². The van der Waals surface area contributed by atoms with Crippen LogP contribution < -0.4 is 5.73 Å². The van der Waals surface area contributed by atoms with Gasteiger partial charge in [0.1, 0.15) is 0 Å². The zero-order chi connectivity index (χ0) is 14.9. The number of aryl methyl sites for hydroxylation is 2. The molecule has 0 aliphatic carbocycles. The molecule has 106 valence electrons. The van der Waals surface area contributed by atoms with E-state index in [0.717, 1.165) is 15.6 Å². The summed E-state index contributed by atoms with van der Waals surface area (Å²) in [6.45, 7) is 3.69. The van der Waals surface area contributed by atoms with Crippen LogP contribution in [0.3, 0.4) is 0 Å². The van der Waals surface area contributed by atoms with Crippen molar-refractivity contribution in [1.29, 1.82) is 0 Å². The van der Waals surface area contributed by atoms with Crippen molar-refractivity contribution in [3.8, 4) is 0 Å². The molecule has 0 heterocycles. The number of hydrogen-bond donors (Lipinski definition) is 1. The lowest BCUT2D eigenvalue weighted by Gasteiger charge is -2.10. The molecule has 2 rings (SSSR count). The molecular formula is C15H16BrNO2S. The highest BCUT2D eigenvalue weighted by Crippen LogP contribution is 2.24. The Hall–Kier alpha value is -1.33. The molecule has 0 radical (unpaired) electrons. The number of benzene rings is 2. The van der Waals surface area contributed by atoms with Gasteiger partial charge in [-0.05, 0) is 54.8 Å².